The highest BCUT2D eigenvalue weighted by Crippen LogP contribution is 2.12. The maximum Gasteiger partial charge on any atom is 0.335 e. The van der Waals surface area contributed by atoms with E-state index in [9.17, 15) is 9.59 Å². The molecule has 23 heavy (non-hydrogen) atoms. The summed E-state index contributed by atoms with van der Waals surface area (Å²) in [5.41, 5.74) is 0.888. The summed E-state index contributed by atoms with van der Waals surface area (Å²) in [5.74, 6) is -0.597. The monoisotopic (exact) mass is 321 g/mol. The average molecular weight is 321 g/mol. The molecule has 1 amide bonds. The second kappa shape index (κ2) is 9.27. The van der Waals surface area contributed by atoms with E-state index in [2.05, 4.69) is 5.32 Å². The van der Waals surface area contributed by atoms with Crippen molar-refractivity contribution in [2.75, 3.05) is 33.0 Å². The normalized spacial score (nSPS) is 17.1. The van der Waals surface area contributed by atoms with Gasteiger partial charge in [0.15, 0.2) is 0 Å². The summed E-state index contributed by atoms with van der Waals surface area (Å²) in [5, 5.41) is 11.7. The van der Waals surface area contributed by atoms with E-state index in [1.165, 1.54) is 12.1 Å². The Morgan fingerprint density at radius 3 is 3.00 bits per heavy atom. The van der Waals surface area contributed by atoms with Crippen LogP contribution in [0, 0.1) is 5.92 Å². The molecule has 0 radical (unpaired) electrons. The smallest absolute Gasteiger partial charge is 0.335 e. The number of carbonyl (C=O) groups is 2. The van der Waals surface area contributed by atoms with Crippen molar-refractivity contribution in [3.8, 4) is 0 Å². The number of carbonyl (C=O) groups excluding carboxylic acids is 1. The lowest BCUT2D eigenvalue weighted by Gasteiger charge is -2.09. The minimum atomic E-state index is -0.989. The Hall–Kier alpha value is -1.92. The predicted octanol–water partition coefficient (Wildman–Crippen LogP) is 1.49. The van der Waals surface area contributed by atoms with Crippen LogP contribution in [0.2, 0.25) is 0 Å². The fraction of sp³-hybridized carbons (Fsp3) is 0.529. The number of hydrogen-bond acceptors (Lipinski definition) is 4. The second-order valence-electron chi connectivity index (χ2n) is 5.69. The molecule has 1 aromatic rings. The van der Waals surface area contributed by atoms with Gasteiger partial charge in [0.05, 0.1) is 25.2 Å². The minimum Gasteiger partial charge on any atom is -0.478 e. The molecule has 6 nitrogen and oxygen atoms in total. The van der Waals surface area contributed by atoms with Gasteiger partial charge < -0.3 is 19.9 Å². The van der Waals surface area contributed by atoms with Crippen LogP contribution in [0.3, 0.4) is 0 Å². The van der Waals surface area contributed by atoms with Crippen molar-refractivity contribution < 1.29 is 24.2 Å². The molecule has 1 aliphatic heterocycles. The molecule has 1 unspecified atom stereocenters. The molecule has 1 atom stereocenters. The van der Waals surface area contributed by atoms with Crippen molar-refractivity contribution in [3.63, 3.8) is 0 Å². The molecule has 2 rings (SSSR count). The highest BCUT2D eigenvalue weighted by molar-refractivity contribution is 5.88. The number of benzene rings is 1. The van der Waals surface area contributed by atoms with Crippen LogP contribution >= 0.6 is 0 Å². The van der Waals surface area contributed by atoms with Crippen molar-refractivity contribution in [2.24, 2.45) is 5.92 Å². The van der Waals surface area contributed by atoms with Gasteiger partial charge in [0.1, 0.15) is 0 Å². The zero-order valence-electron chi connectivity index (χ0n) is 13.1. The maximum absolute atomic E-state index is 11.8. The molecule has 0 aromatic heterocycles. The Bertz CT molecular complexity index is 525. The molecule has 6 heteroatoms. The number of hydrogen-bond donors (Lipinski definition) is 2. The summed E-state index contributed by atoms with van der Waals surface area (Å²) in [4.78, 5) is 22.7. The van der Waals surface area contributed by atoms with Gasteiger partial charge in [0.25, 0.3) is 0 Å². The van der Waals surface area contributed by atoms with Crippen LogP contribution in [0.1, 0.15) is 28.8 Å². The van der Waals surface area contributed by atoms with Crippen molar-refractivity contribution in [1.82, 2.24) is 5.32 Å². The predicted molar refractivity (Wildman–Crippen MR) is 84.5 cm³/mol. The first-order valence-electron chi connectivity index (χ1n) is 7.89. The molecule has 1 fully saturated rings. The first-order chi connectivity index (χ1) is 11.1. The highest BCUT2D eigenvalue weighted by atomic mass is 16.5. The van der Waals surface area contributed by atoms with Gasteiger partial charge in [0.2, 0.25) is 5.91 Å². The Balaban J connectivity index is 1.57. The van der Waals surface area contributed by atoms with Crippen LogP contribution in [0.15, 0.2) is 24.3 Å². The number of carboxylic acids is 1. The summed E-state index contributed by atoms with van der Waals surface area (Å²) in [7, 11) is 0. The summed E-state index contributed by atoms with van der Waals surface area (Å²) >= 11 is 0. The third-order valence-electron chi connectivity index (χ3n) is 3.70. The standard InChI is InChI=1S/C17H23NO5/c19-16(10-13-3-1-4-15(9-13)17(20)21)18-6-2-7-22-11-14-5-8-23-12-14/h1,3-4,9,14H,2,5-8,10-12H2,(H,18,19)(H,20,21). The molecule has 1 aliphatic rings. The Morgan fingerprint density at radius 2 is 2.26 bits per heavy atom. The summed E-state index contributed by atoms with van der Waals surface area (Å²) < 4.78 is 10.8. The Morgan fingerprint density at radius 1 is 1.39 bits per heavy atom. The zero-order valence-corrected chi connectivity index (χ0v) is 13.1. The highest BCUT2D eigenvalue weighted by Gasteiger charge is 2.15. The third kappa shape index (κ3) is 6.38. The van der Waals surface area contributed by atoms with Gasteiger partial charge in [-0.25, -0.2) is 4.79 Å². The topological polar surface area (TPSA) is 84.9 Å². The van der Waals surface area contributed by atoms with Gasteiger partial charge >= 0.3 is 5.97 Å². The lowest BCUT2D eigenvalue weighted by Crippen LogP contribution is -2.27. The number of carboxylic acid groups (broad SMARTS) is 1. The van der Waals surface area contributed by atoms with Crippen LogP contribution in [0.25, 0.3) is 0 Å². The van der Waals surface area contributed by atoms with Crippen molar-refractivity contribution >= 4 is 11.9 Å². The average Bonchev–Trinajstić information content (AvgIpc) is 3.04. The van der Waals surface area contributed by atoms with E-state index >= 15 is 0 Å². The van der Waals surface area contributed by atoms with Gasteiger partial charge in [-0.2, -0.15) is 0 Å². The lowest BCUT2D eigenvalue weighted by atomic mass is 10.1. The molecule has 2 N–H and O–H groups in total. The lowest BCUT2D eigenvalue weighted by molar-refractivity contribution is -0.120. The third-order valence-corrected chi connectivity index (χ3v) is 3.70. The van der Waals surface area contributed by atoms with Crippen molar-refractivity contribution in [2.45, 2.75) is 19.3 Å². The van der Waals surface area contributed by atoms with Gasteiger partial charge in [-0.15, -0.1) is 0 Å². The minimum absolute atomic E-state index is 0.114. The number of rotatable bonds is 9. The second-order valence-corrected chi connectivity index (χ2v) is 5.69. The fourth-order valence-corrected chi connectivity index (χ4v) is 2.43. The van der Waals surface area contributed by atoms with Crippen LogP contribution in [-0.2, 0) is 20.7 Å². The number of amides is 1. The van der Waals surface area contributed by atoms with Gasteiger partial charge in [0, 0.05) is 25.7 Å². The maximum atomic E-state index is 11.8. The quantitative estimate of drug-likeness (QED) is 0.673. The SMILES string of the molecule is O=C(Cc1cccc(C(=O)O)c1)NCCCOCC1CCOC1. The van der Waals surface area contributed by atoms with E-state index in [0.29, 0.717) is 24.6 Å². The Labute approximate surface area is 135 Å². The molecular weight excluding hydrogens is 298 g/mol. The summed E-state index contributed by atoms with van der Waals surface area (Å²) in [6.07, 6.45) is 2.00. The van der Waals surface area contributed by atoms with Gasteiger partial charge in [-0.3, -0.25) is 4.79 Å². The summed E-state index contributed by atoms with van der Waals surface area (Å²) in [6.45, 7) is 3.50. The molecular formula is C17H23NO5. The Kier molecular flexibility index (Phi) is 7.03. The number of nitrogens with one attached hydrogen (secondary N) is 1. The fourth-order valence-electron chi connectivity index (χ4n) is 2.43. The molecule has 1 aromatic carbocycles. The van der Waals surface area contributed by atoms with Crippen LogP contribution in [0.5, 0.6) is 0 Å². The molecule has 126 valence electrons. The molecule has 1 saturated heterocycles. The van der Waals surface area contributed by atoms with E-state index < -0.39 is 5.97 Å². The van der Waals surface area contributed by atoms with Crippen molar-refractivity contribution in [3.05, 3.63) is 35.4 Å². The van der Waals surface area contributed by atoms with Gasteiger partial charge in [-0.1, -0.05) is 12.1 Å². The zero-order chi connectivity index (χ0) is 16.5. The van der Waals surface area contributed by atoms with Gasteiger partial charge in [-0.05, 0) is 30.5 Å². The van der Waals surface area contributed by atoms with E-state index in [1.54, 1.807) is 12.1 Å². The van der Waals surface area contributed by atoms with Crippen LogP contribution < -0.4 is 5.32 Å². The largest absolute Gasteiger partial charge is 0.478 e. The van der Waals surface area contributed by atoms with E-state index in [4.69, 9.17) is 14.6 Å². The van der Waals surface area contributed by atoms with Crippen LogP contribution in [0.4, 0.5) is 0 Å². The van der Waals surface area contributed by atoms with E-state index in [0.717, 1.165) is 32.7 Å². The number of ether oxygens (including phenoxy) is 2. The molecule has 0 spiro atoms. The van der Waals surface area contributed by atoms with Crippen molar-refractivity contribution in [1.29, 1.82) is 0 Å². The molecule has 0 aliphatic carbocycles. The molecule has 1 heterocycles. The molecule has 0 saturated carbocycles. The number of aromatic carboxylic acids is 1. The van der Waals surface area contributed by atoms with E-state index in [1.807, 2.05) is 0 Å². The first-order valence-corrected chi connectivity index (χ1v) is 7.89. The van der Waals surface area contributed by atoms with Crippen LogP contribution in [-0.4, -0.2) is 50.0 Å². The molecule has 0 bridgehead atoms. The van der Waals surface area contributed by atoms with E-state index in [-0.39, 0.29) is 17.9 Å². The first kappa shape index (κ1) is 17.4. The summed E-state index contributed by atoms with van der Waals surface area (Å²) in [6, 6.07) is 6.43.